The molecule has 1 aliphatic carbocycles. The number of rotatable bonds is 1. The quantitative estimate of drug-likeness (QED) is 0.448. The molecule has 0 atom stereocenters. The molecular formula is C23H12N2O4. The maximum Gasteiger partial charge on any atom is 0.338 e. The molecule has 0 spiro atoms. The number of hydrogen-bond donors (Lipinski definition) is 1. The summed E-state index contributed by atoms with van der Waals surface area (Å²) in [6.45, 7) is 0.264. The Morgan fingerprint density at radius 3 is 2.59 bits per heavy atom. The molecular weight excluding hydrogens is 368 g/mol. The molecule has 0 radical (unpaired) electrons. The number of aromatic nitrogens is 2. The first kappa shape index (κ1) is 15.9. The zero-order chi connectivity index (χ0) is 19.7. The first-order chi connectivity index (χ1) is 14.1. The van der Waals surface area contributed by atoms with Crippen LogP contribution in [-0.2, 0) is 11.3 Å². The Hall–Kier alpha value is -4.06. The SMILES string of the molecule is O=C1OCc2cc(-c3ccc4[nH]c5c(c4c3)C(=O)c3cnccc3C5=O)ccc21. The Morgan fingerprint density at radius 2 is 1.69 bits per heavy atom. The first-order valence-corrected chi connectivity index (χ1v) is 9.11. The minimum atomic E-state index is -0.307. The number of carbonyl (C=O) groups excluding carboxylic acids is 3. The second kappa shape index (κ2) is 5.48. The number of fused-ring (bicyclic) bond motifs is 5. The fourth-order valence-electron chi connectivity index (χ4n) is 4.13. The average Bonchev–Trinajstić information content (AvgIpc) is 3.32. The molecule has 1 aliphatic heterocycles. The van der Waals surface area contributed by atoms with E-state index in [0.29, 0.717) is 33.3 Å². The van der Waals surface area contributed by atoms with Gasteiger partial charge in [0.1, 0.15) is 6.61 Å². The van der Waals surface area contributed by atoms with E-state index in [9.17, 15) is 14.4 Å². The molecule has 29 heavy (non-hydrogen) atoms. The van der Waals surface area contributed by atoms with E-state index in [-0.39, 0.29) is 24.1 Å². The third-order valence-electron chi connectivity index (χ3n) is 5.58. The number of carbonyl (C=O) groups is 3. The molecule has 2 aromatic heterocycles. The predicted molar refractivity (Wildman–Crippen MR) is 104 cm³/mol. The van der Waals surface area contributed by atoms with Gasteiger partial charge < -0.3 is 9.72 Å². The highest BCUT2D eigenvalue weighted by atomic mass is 16.5. The normalized spacial score (nSPS) is 14.6. The van der Waals surface area contributed by atoms with Gasteiger partial charge in [-0.3, -0.25) is 14.6 Å². The van der Waals surface area contributed by atoms with Gasteiger partial charge in [-0.05, 0) is 41.5 Å². The summed E-state index contributed by atoms with van der Waals surface area (Å²) < 4.78 is 5.07. The van der Waals surface area contributed by atoms with Crippen molar-refractivity contribution in [3.63, 3.8) is 0 Å². The molecule has 0 saturated carbocycles. The molecule has 6 nitrogen and oxygen atoms in total. The van der Waals surface area contributed by atoms with Crippen molar-refractivity contribution < 1.29 is 19.1 Å². The van der Waals surface area contributed by atoms with Crippen LogP contribution in [0.3, 0.4) is 0 Å². The number of nitrogens with one attached hydrogen (secondary N) is 1. The number of hydrogen-bond acceptors (Lipinski definition) is 5. The van der Waals surface area contributed by atoms with Crippen LogP contribution in [0.4, 0.5) is 0 Å². The minimum absolute atomic E-state index is 0.206. The van der Waals surface area contributed by atoms with E-state index in [4.69, 9.17) is 4.74 Å². The van der Waals surface area contributed by atoms with Crippen LogP contribution < -0.4 is 0 Å². The van der Waals surface area contributed by atoms with Crippen molar-refractivity contribution in [1.29, 1.82) is 0 Å². The fourth-order valence-corrected chi connectivity index (χ4v) is 4.13. The van der Waals surface area contributed by atoms with E-state index in [1.807, 2.05) is 30.3 Å². The predicted octanol–water partition coefficient (Wildman–Crippen LogP) is 3.68. The second-order valence-corrected chi connectivity index (χ2v) is 7.16. The highest BCUT2D eigenvalue weighted by Gasteiger charge is 2.33. The molecule has 6 heteroatoms. The zero-order valence-corrected chi connectivity index (χ0v) is 15.0. The Morgan fingerprint density at radius 1 is 0.862 bits per heavy atom. The van der Waals surface area contributed by atoms with E-state index in [1.165, 1.54) is 12.4 Å². The van der Waals surface area contributed by atoms with E-state index in [1.54, 1.807) is 12.1 Å². The van der Waals surface area contributed by atoms with Crippen molar-refractivity contribution >= 4 is 28.4 Å². The van der Waals surface area contributed by atoms with Gasteiger partial charge in [-0.1, -0.05) is 12.1 Å². The Bertz CT molecular complexity index is 1410. The number of cyclic esters (lactones) is 1. The molecule has 0 amide bonds. The lowest BCUT2D eigenvalue weighted by molar-refractivity contribution is 0.0535. The molecule has 6 rings (SSSR count). The fraction of sp³-hybridized carbons (Fsp3) is 0.0435. The number of ether oxygens (including phenoxy) is 1. The maximum absolute atomic E-state index is 13.1. The number of pyridine rings is 1. The number of benzene rings is 2. The summed E-state index contributed by atoms with van der Waals surface area (Å²) in [5, 5.41) is 0.693. The molecule has 0 unspecified atom stereocenters. The Balaban J connectivity index is 1.54. The van der Waals surface area contributed by atoms with E-state index in [2.05, 4.69) is 9.97 Å². The zero-order valence-electron chi connectivity index (χ0n) is 15.0. The van der Waals surface area contributed by atoms with Gasteiger partial charge in [0.15, 0.2) is 5.78 Å². The number of nitrogens with zero attached hydrogens (tertiary/aromatic N) is 1. The van der Waals surface area contributed by atoms with Crippen LogP contribution in [0.25, 0.3) is 22.0 Å². The number of H-pyrrole nitrogens is 1. The lowest BCUT2D eigenvalue weighted by Crippen LogP contribution is -2.20. The summed E-state index contributed by atoms with van der Waals surface area (Å²) in [5.74, 6) is -0.722. The van der Waals surface area contributed by atoms with Gasteiger partial charge in [0.25, 0.3) is 0 Å². The highest BCUT2D eigenvalue weighted by Crippen LogP contribution is 2.35. The van der Waals surface area contributed by atoms with Crippen LogP contribution in [0.15, 0.2) is 54.9 Å². The van der Waals surface area contributed by atoms with Gasteiger partial charge in [0.2, 0.25) is 5.78 Å². The third kappa shape index (κ3) is 2.11. The van der Waals surface area contributed by atoms with Gasteiger partial charge in [0.05, 0.1) is 22.4 Å². The van der Waals surface area contributed by atoms with Gasteiger partial charge in [-0.25, -0.2) is 4.79 Å². The highest BCUT2D eigenvalue weighted by molar-refractivity contribution is 6.32. The van der Waals surface area contributed by atoms with E-state index >= 15 is 0 Å². The van der Waals surface area contributed by atoms with Gasteiger partial charge in [-0.2, -0.15) is 0 Å². The smallest absolute Gasteiger partial charge is 0.338 e. The van der Waals surface area contributed by atoms with Crippen molar-refractivity contribution in [3.05, 3.63) is 88.4 Å². The summed E-state index contributed by atoms with van der Waals surface area (Å²) in [6, 6.07) is 12.8. The average molecular weight is 380 g/mol. The number of esters is 1. The maximum atomic E-state index is 13.1. The van der Waals surface area contributed by atoms with Gasteiger partial charge >= 0.3 is 5.97 Å². The summed E-state index contributed by atoms with van der Waals surface area (Å²) in [5.41, 5.74) is 5.33. The second-order valence-electron chi connectivity index (χ2n) is 7.16. The van der Waals surface area contributed by atoms with Crippen LogP contribution in [0.2, 0.25) is 0 Å². The molecule has 2 aromatic carbocycles. The van der Waals surface area contributed by atoms with Crippen LogP contribution in [-0.4, -0.2) is 27.5 Å². The van der Waals surface area contributed by atoms with E-state index < -0.39 is 0 Å². The summed E-state index contributed by atoms with van der Waals surface area (Å²) in [7, 11) is 0. The molecule has 3 heterocycles. The largest absolute Gasteiger partial charge is 0.457 e. The van der Waals surface area contributed by atoms with Crippen molar-refractivity contribution in [1.82, 2.24) is 9.97 Å². The Kier molecular flexibility index (Phi) is 3.01. The topological polar surface area (TPSA) is 89.1 Å². The van der Waals surface area contributed by atoms with Gasteiger partial charge in [0, 0.05) is 34.4 Å². The first-order valence-electron chi connectivity index (χ1n) is 9.11. The lowest BCUT2D eigenvalue weighted by atomic mass is 9.87. The lowest BCUT2D eigenvalue weighted by Gasteiger charge is -2.13. The van der Waals surface area contributed by atoms with Crippen molar-refractivity contribution in [3.8, 4) is 11.1 Å². The molecule has 138 valence electrons. The molecule has 1 N–H and O–H groups in total. The van der Waals surface area contributed by atoms with Crippen molar-refractivity contribution in [2.75, 3.05) is 0 Å². The summed E-state index contributed by atoms with van der Waals surface area (Å²) in [4.78, 5) is 44.8. The summed E-state index contributed by atoms with van der Waals surface area (Å²) >= 11 is 0. The van der Waals surface area contributed by atoms with E-state index in [0.717, 1.165) is 22.2 Å². The molecule has 0 bridgehead atoms. The standard InChI is InChI=1S/C23H12N2O4/c26-21-17-9-24-6-5-15(17)22(27)20-19(21)16-8-12(2-4-18(16)25-20)11-1-3-14-13(7-11)10-29-23(14)28/h1-9,25H,10H2. The van der Waals surface area contributed by atoms with Crippen molar-refractivity contribution in [2.45, 2.75) is 6.61 Å². The van der Waals surface area contributed by atoms with Crippen molar-refractivity contribution in [2.24, 2.45) is 0 Å². The number of aromatic amines is 1. The molecule has 2 aliphatic rings. The third-order valence-corrected chi connectivity index (χ3v) is 5.58. The van der Waals surface area contributed by atoms with Crippen LogP contribution >= 0.6 is 0 Å². The van der Waals surface area contributed by atoms with Crippen LogP contribution in [0.1, 0.15) is 47.9 Å². The van der Waals surface area contributed by atoms with Gasteiger partial charge in [-0.15, -0.1) is 0 Å². The molecule has 4 aromatic rings. The summed E-state index contributed by atoms with van der Waals surface area (Å²) in [6.07, 6.45) is 2.96. The Labute approximate surface area is 164 Å². The molecule has 0 fully saturated rings. The van der Waals surface area contributed by atoms with Crippen LogP contribution in [0.5, 0.6) is 0 Å². The number of ketones is 2. The minimum Gasteiger partial charge on any atom is -0.457 e. The molecule has 0 saturated heterocycles. The van der Waals surface area contributed by atoms with Crippen LogP contribution in [0, 0.1) is 0 Å². The monoisotopic (exact) mass is 380 g/mol.